The number of thiocarbonyl (C=S) groups is 1. The highest BCUT2D eigenvalue weighted by Gasteiger charge is 2.33. The first-order valence-electron chi connectivity index (χ1n) is 6.58. The SMILES string of the molecule is O=C1/C(=C\c2ccc(O)c(Br)c2)SC(=S)N1c1ccc(F)c(Cl)c1. The molecule has 122 valence electrons. The summed E-state index contributed by atoms with van der Waals surface area (Å²) in [4.78, 5) is 14.4. The fraction of sp³-hybridized carbons (Fsp3) is 0. The van der Waals surface area contributed by atoms with Crippen molar-refractivity contribution in [2.75, 3.05) is 4.90 Å². The van der Waals surface area contributed by atoms with Gasteiger partial charge in [-0.2, -0.15) is 0 Å². The molecule has 1 saturated heterocycles. The molecule has 0 unspecified atom stereocenters. The molecule has 8 heteroatoms. The van der Waals surface area contributed by atoms with Crippen LogP contribution in [0.5, 0.6) is 5.75 Å². The summed E-state index contributed by atoms with van der Waals surface area (Å²) in [6.45, 7) is 0. The van der Waals surface area contributed by atoms with Crippen LogP contribution in [0.3, 0.4) is 0 Å². The Labute approximate surface area is 160 Å². The number of carbonyl (C=O) groups is 1. The second-order valence-electron chi connectivity index (χ2n) is 4.83. The van der Waals surface area contributed by atoms with Gasteiger partial charge in [-0.3, -0.25) is 9.69 Å². The average Bonchev–Trinajstić information content (AvgIpc) is 2.80. The molecule has 0 spiro atoms. The zero-order chi connectivity index (χ0) is 17.4. The number of halogens is 3. The summed E-state index contributed by atoms with van der Waals surface area (Å²) >= 11 is 15.4. The normalized spacial score (nSPS) is 16.3. The highest BCUT2D eigenvalue weighted by molar-refractivity contribution is 9.10. The van der Waals surface area contributed by atoms with Crippen molar-refractivity contribution in [3.05, 3.63) is 62.2 Å². The van der Waals surface area contributed by atoms with E-state index in [1.165, 1.54) is 29.2 Å². The summed E-state index contributed by atoms with van der Waals surface area (Å²) < 4.78 is 14.2. The van der Waals surface area contributed by atoms with Gasteiger partial charge >= 0.3 is 0 Å². The van der Waals surface area contributed by atoms with Crippen molar-refractivity contribution in [1.82, 2.24) is 0 Å². The first kappa shape index (κ1) is 17.4. The van der Waals surface area contributed by atoms with E-state index in [0.717, 1.165) is 17.3 Å². The minimum absolute atomic E-state index is 0.0759. The summed E-state index contributed by atoms with van der Waals surface area (Å²) in [5.74, 6) is -0.757. The van der Waals surface area contributed by atoms with Crippen molar-refractivity contribution >= 4 is 73.5 Å². The number of hydrogen-bond donors (Lipinski definition) is 1. The molecule has 1 heterocycles. The quantitative estimate of drug-likeness (QED) is 0.500. The average molecular weight is 445 g/mol. The van der Waals surface area contributed by atoms with Crippen LogP contribution in [0.1, 0.15) is 5.56 Å². The van der Waals surface area contributed by atoms with E-state index in [1.807, 2.05) is 0 Å². The highest BCUT2D eigenvalue weighted by Crippen LogP contribution is 2.37. The smallest absolute Gasteiger partial charge is 0.270 e. The van der Waals surface area contributed by atoms with Crippen LogP contribution < -0.4 is 4.90 Å². The number of rotatable bonds is 2. The molecule has 0 saturated carbocycles. The Morgan fingerprint density at radius 2 is 2.04 bits per heavy atom. The van der Waals surface area contributed by atoms with Gasteiger partial charge in [0.05, 0.1) is 20.1 Å². The van der Waals surface area contributed by atoms with Crippen molar-refractivity contribution < 1.29 is 14.3 Å². The Balaban J connectivity index is 1.94. The number of phenolic OH excluding ortho intramolecular Hbond substituents is 1. The van der Waals surface area contributed by atoms with Crippen molar-refractivity contribution in [1.29, 1.82) is 0 Å². The summed E-state index contributed by atoms with van der Waals surface area (Å²) in [6, 6.07) is 8.90. The molecular weight excluding hydrogens is 437 g/mol. The minimum Gasteiger partial charge on any atom is -0.507 e. The van der Waals surface area contributed by atoms with Gasteiger partial charge in [0.1, 0.15) is 11.6 Å². The molecular formula is C16H8BrClFNO2S2. The number of carbonyl (C=O) groups excluding carboxylic acids is 1. The Hall–Kier alpha value is -1.41. The first-order chi connectivity index (χ1) is 11.4. The molecule has 0 aliphatic carbocycles. The number of benzene rings is 2. The molecule has 24 heavy (non-hydrogen) atoms. The fourth-order valence-corrected chi connectivity index (χ4v) is 3.95. The maximum absolute atomic E-state index is 13.3. The topological polar surface area (TPSA) is 40.5 Å². The Morgan fingerprint density at radius 1 is 1.29 bits per heavy atom. The van der Waals surface area contributed by atoms with Crippen molar-refractivity contribution in [3.8, 4) is 5.75 Å². The molecule has 0 atom stereocenters. The van der Waals surface area contributed by atoms with Crippen LogP contribution in [-0.2, 0) is 4.79 Å². The Bertz CT molecular complexity index is 904. The molecule has 0 aromatic heterocycles. The van der Waals surface area contributed by atoms with Gasteiger partial charge in [0.2, 0.25) is 0 Å². The van der Waals surface area contributed by atoms with Gasteiger partial charge in [0.15, 0.2) is 4.32 Å². The maximum Gasteiger partial charge on any atom is 0.270 e. The number of nitrogens with zero attached hydrogens (tertiary/aromatic N) is 1. The number of thioether (sulfide) groups is 1. The highest BCUT2D eigenvalue weighted by atomic mass is 79.9. The van der Waals surface area contributed by atoms with Gasteiger partial charge in [-0.15, -0.1) is 0 Å². The first-order valence-corrected chi connectivity index (χ1v) is 8.98. The monoisotopic (exact) mass is 443 g/mol. The summed E-state index contributed by atoms with van der Waals surface area (Å²) in [5, 5.41) is 9.45. The van der Waals surface area contributed by atoms with Gasteiger partial charge in [0, 0.05) is 0 Å². The Kier molecular flexibility index (Phi) is 4.96. The maximum atomic E-state index is 13.3. The lowest BCUT2D eigenvalue weighted by molar-refractivity contribution is -0.113. The lowest BCUT2D eigenvalue weighted by Gasteiger charge is -2.14. The molecule has 1 N–H and O–H groups in total. The fourth-order valence-electron chi connectivity index (χ4n) is 2.08. The largest absolute Gasteiger partial charge is 0.507 e. The van der Waals surface area contributed by atoms with Gasteiger partial charge in [-0.05, 0) is 57.9 Å². The van der Waals surface area contributed by atoms with E-state index in [0.29, 0.717) is 19.4 Å². The number of amides is 1. The second-order valence-corrected chi connectivity index (χ2v) is 7.76. The van der Waals surface area contributed by atoms with Crippen LogP contribution in [0.15, 0.2) is 45.8 Å². The van der Waals surface area contributed by atoms with Crippen LogP contribution in [0.25, 0.3) is 6.08 Å². The van der Waals surface area contributed by atoms with E-state index in [1.54, 1.807) is 18.2 Å². The van der Waals surface area contributed by atoms with Gasteiger partial charge in [0.25, 0.3) is 5.91 Å². The molecule has 3 rings (SSSR count). The van der Waals surface area contributed by atoms with Crippen LogP contribution in [0.4, 0.5) is 10.1 Å². The number of aromatic hydroxyl groups is 1. The standard InChI is InChI=1S/C16H8BrClFNO2S2/c17-10-5-8(1-4-13(10)21)6-14-15(22)20(16(23)24-14)9-2-3-12(19)11(18)7-9/h1-7,21H/b14-6+. The van der Waals surface area contributed by atoms with Gasteiger partial charge in [-0.25, -0.2) is 4.39 Å². The van der Waals surface area contributed by atoms with Crippen LogP contribution in [-0.4, -0.2) is 15.3 Å². The predicted molar refractivity (Wildman–Crippen MR) is 103 cm³/mol. The van der Waals surface area contributed by atoms with Crippen molar-refractivity contribution in [2.24, 2.45) is 0 Å². The number of anilines is 1. The number of hydrogen-bond acceptors (Lipinski definition) is 4. The van der Waals surface area contributed by atoms with E-state index in [2.05, 4.69) is 15.9 Å². The third-order valence-electron chi connectivity index (χ3n) is 3.22. The summed E-state index contributed by atoms with van der Waals surface area (Å²) in [6.07, 6.45) is 1.68. The molecule has 1 amide bonds. The number of phenols is 1. The summed E-state index contributed by atoms with van der Waals surface area (Å²) in [5.41, 5.74) is 1.15. The van der Waals surface area contributed by atoms with E-state index in [-0.39, 0.29) is 16.7 Å². The zero-order valence-electron chi connectivity index (χ0n) is 11.8. The van der Waals surface area contributed by atoms with Crippen molar-refractivity contribution in [2.45, 2.75) is 0 Å². The lowest BCUT2D eigenvalue weighted by atomic mass is 10.2. The van der Waals surface area contributed by atoms with Gasteiger partial charge < -0.3 is 5.11 Å². The van der Waals surface area contributed by atoms with E-state index in [9.17, 15) is 14.3 Å². The van der Waals surface area contributed by atoms with Crippen LogP contribution in [0, 0.1) is 5.82 Å². The third-order valence-corrected chi connectivity index (χ3v) is 5.45. The molecule has 2 aromatic rings. The van der Waals surface area contributed by atoms with E-state index in [4.69, 9.17) is 23.8 Å². The molecule has 1 aliphatic rings. The second kappa shape index (κ2) is 6.84. The lowest BCUT2D eigenvalue weighted by Crippen LogP contribution is -2.27. The molecule has 1 aliphatic heterocycles. The summed E-state index contributed by atoms with van der Waals surface area (Å²) in [7, 11) is 0. The van der Waals surface area contributed by atoms with Crippen molar-refractivity contribution in [3.63, 3.8) is 0 Å². The molecule has 3 nitrogen and oxygen atoms in total. The van der Waals surface area contributed by atoms with E-state index >= 15 is 0 Å². The molecule has 0 bridgehead atoms. The molecule has 2 aromatic carbocycles. The minimum atomic E-state index is -0.560. The third kappa shape index (κ3) is 3.35. The molecule has 1 fully saturated rings. The van der Waals surface area contributed by atoms with E-state index < -0.39 is 5.82 Å². The Morgan fingerprint density at radius 3 is 2.71 bits per heavy atom. The van der Waals surface area contributed by atoms with Crippen LogP contribution >= 0.6 is 51.5 Å². The zero-order valence-corrected chi connectivity index (χ0v) is 15.8. The molecule has 0 radical (unpaired) electrons. The predicted octanol–water partition coefficient (Wildman–Crippen LogP) is 5.35. The van der Waals surface area contributed by atoms with Gasteiger partial charge in [-0.1, -0.05) is 41.6 Å². The van der Waals surface area contributed by atoms with Crippen LogP contribution in [0.2, 0.25) is 5.02 Å².